The van der Waals surface area contributed by atoms with Crippen molar-refractivity contribution in [3.05, 3.63) is 29.8 Å². The van der Waals surface area contributed by atoms with Gasteiger partial charge in [-0.3, -0.25) is 0 Å². The van der Waals surface area contributed by atoms with Gasteiger partial charge in [0.15, 0.2) is 0 Å². The summed E-state index contributed by atoms with van der Waals surface area (Å²) in [5.41, 5.74) is 1.12. The Kier molecular flexibility index (Phi) is 4.90. The maximum atomic E-state index is 11.3. The van der Waals surface area contributed by atoms with E-state index >= 15 is 0 Å². The minimum absolute atomic E-state index is 0.303. The fourth-order valence-corrected chi connectivity index (χ4v) is 1.84. The molecule has 1 aromatic carbocycles. The molecule has 0 radical (unpaired) electrons. The van der Waals surface area contributed by atoms with Crippen molar-refractivity contribution in [3.63, 3.8) is 0 Å². The number of hydrogen-bond donors (Lipinski definition) is 0. The van der Waals surface area contributed by atoms with Gasteiger partial charge in [-0.2, -0.15) is 8.15 Å². The first-order chi connectivity index (χ1) is 7.13. The average molecular weight is 271 g/mol. The molecule has 84 valence electrons. The molecule has 0 aromatic heterocycles. The second-order valence-electron chi connectivity index (χ2n) is 2.67. The van der Waals surface area contributed by atoms with E-state index in [2.05, 4.69) is 8.15 Å². The number of benzene rings is 1. The molecule has 0 heterocycles. The van der Waals surface area contributed by atoms with E-state index in [1.54, 1.807) is 12.1 Å². The molecule has 0 saturated heterocycles. The summed E-state index contributed by atoms with van der Waals surface area (Å²) in [6.07, 6.45) is 0.899. The third-order valence-electron chi connectivity index (χ3n) is 1.72. The third-order valence-corrected chi connectivity index (χ3v) is 3.50. The summed E-state index contributed by atoms with van der Waals surface area (Å²) < 4.78 is 24.2. The van der Waals surface area contributed by atoms with Crippen LogP contribution in [0.2, 0.25) is 0 Å². The minimum atomic E-state index is -3.90. The number of phosphoric acid groups is 1. The maximum absolute atomic E-state index is 11.3. The lowest BCUT2D eigenvalue weighted by Crippen LogP contribution is -1.92. The van der Waals surface area contributed by atoms with Gasteiger partial charge in [-0.15, -0.1) is 0 Å². The van der Waals surface area contributed by atoms with Gasteiger partial charge in [0.2, 0.25) is 0 Å². The fourth-order valence-electron chi connectivity index (χ4n) is 0.954. The van der Waals surface area contributed by atoms with Gasteiger partial charge < -0.3 is 4.52 Å². The van der Waals surface area contributed by atoms with Gasteiger partial charge >= 0.3 is 7.82 Å². The van der Waals surface area contributed by atoms with Crippen LogP contribution in [0.1, 0.15) is 12.5 Å². The molecule has 1 rings (SSSR count). The molecule has 0 spiro atoms. The topological polar surface area (TPSA) is 44.8 Å². The van der Waals surface area contributed by atoms with Crippen LogP contribution in [-0.4, -0.2) is 0 Å². The van der Waals surface area contributed by atoms with Gasteiger partial charge in [0.05, 0.1) is 23.7 Å². The normalized spacial score (nSPS) is 11.4. The van der Waals surface area contributed by atoms with Gasteiger partial charge in [-0.1, -0.05) is 19.1 Å². The highest BCUT2D eigenvalue weighted by molar-refractivity contribution is 7.50. The first-order valence-corrected chi connectivity index (χ1v) is 6.20. The van der Waals surface area contributed by atoms with E-state index in [4.69, 9.17) is 28.3 Å². The van der Waals surface area contributed by atoms with E-state index in [-0.39, 0.29) is 0 Å². The Morgan fingerprint density at radius 1 is 1.20 bits per heavy atom. The van der Waals surface area contributed by atoms with E-state index in [1.165, 1.54) is 0 Å². The van der Waals surface area contributed by atoms with Crippen LogP contribution in [-0.2, 0) is 19.1 Å². The maximum Gasteiger partial charge on any atom is 0.563 e. The molecule has 1 aromatic rings. The predicted molar refractivity (Wildman–Crippen MR) is 57.9 cm³/mol. The van der Waals surface area contributed by atoms with E-state index in [0.717, 1.165) is 12.0 Å². The molecule has 0 atom stereocenters. The van der Waals surface area contributed by atoms with Crippen LogP contribution < -0.4 is 4.52 Å². The summed E-state index contributed by atoms with van der Waals surface area (Å²) in [7, 11) is -3.90. The highest BCUT2D eigenvalue weighted by Gasteiger charge is 2.28. The molecule has 0 aliphatic rings. The number of rotatable bonds is 5. The Morgan fingerprint density at radius 2 is 1.73 bits per heavy atom. The van der Waals surface area contributed by atoms with Gasteiger partial charge in [0.25, 0.3) is 0 Å². The van der Waals surface area contributed by atoms with Crippen LogP contribution in [0.5, 0.6) is 5.75 Å². The fraction of sp³-hybridized carbons (Fsp3) is 0.250. The van der Waals surface area contributed by atoms with Gasteiger partial charge in [-0.05, 0) is 24.1 Å². The summed E-state index contributed by atoms with van der Waals surface area (Å²) in [6.45, 7) is 2.02. The third kappa shape index (κ3) is 3.67. The van der Waals surface area contributed by atoms with Crippen LogP contribution in [0.4, 0.5) is 0 Å². The summed E-state index contributed by atoms with van der Waals surface area (Å²) >= 11 is 9.84. The Labute approximate surface area is 98.0 Å². The molecule has 7 heteroatoms. The van der Waals surface area contributed by atoms with Crippen molar-refractivity contribution in [2.75, 3.05) is 0 Å². The van der Waals surface area contributed by atoms with Gasteiger partial charge in [0.1, 0.15) is 5.75 Å². The molecule has 0 aliphatic carbocycles. The largest absolute Gasteiger partial charge is 0.563 e. The lowest BCUT2D eigenvalue weighted by molar-refractivity contribution is 0.318. The van der Waals surface area contributed by atoms with E-state index in [1.807, 2.05) is 19.1 Å². The molecule has 0 fully saturated rings. The zero-order chi connectivity index (χ0) is 11.3. The molecular weight excluding hydrogens is 262 g/mol. The molecular formula is C8H9Cl2O4P. The van der Waals surface area contributed by atoms with Crippen molar-refractivity contribution in [3.8, 4) is 5.75 Å². The number of hydrogen-bond acceptors (Lipinski definition) is 4. The predicted octanol–water partition coefficient (Wildman–Crippen LogP) is 4.08. The highest BCUT2D eigenvalue weighted by atomic mass is 35.5. The van der Waals surface area contributed by atoms with Crippen molar-refractivity contribution in [2.24, 2.45) is 0 Å². The van der Waals surface area contributed by atoms with E-state index < -0.39 is 7.82 Å². The second-order valence-corrected chi connectivity index (χ2v) is 4.86. The molecule has 4 nitrogen and oxygen atoms in total. The van der Waals surface area contributed by atoms with Crippen LogP contribution in [0.15, 0.2) is 24.3 Å². The van der Waals surface area contributed by atoms with Crippen LogP contribution >= 0.6 is 31.6 Å². The molecule has 0 unspecified atom stereocenters. The lowest BCUT2D eigenvalue weighted by Gasteiger charge is -2.10. The Bertz CT molecular complexity index is 346. The first-order valence-electron chi connectivity index (χ1n) is 4.13. The molecule has 0 N–H and O–H groups in total. The van der Waals surface area contributed by atoms with E-state index in [9.17, 15) is 4.57 Å². The number of aryl methyl sites for hydroxylation is 1. The lowest BCUT2D eigenvalue weighted by atomic mass is 10.2. The molecule has 0 amide bonds. The summed E-state index contributed by atoms with van der Waals surface area (Å²) in [5, 5.41) is 0. The monoisotopic (exact) mass is 270 g/mol. The average Bonchev–Trinajstić information content (AvgIpc) is 2.30. The standard InChI is InChI=1S/C8H9Cl2O4P/c1-2-7-3-5-8(6-4-7)12-15(11,13-9)14-10/h3-6H,2H2,1H3. The molecule has 15 heavy (non-hydrogen) atoms. The smallest absolute Gasteiger partial charge is 0.402 e. The Balaban J connectivity index is 2.76. The quantitative estimate of drug-likeness (QED) is 0.757. The SMILES string of the molecule is CCc1ccc(OP(=O)(OCl)OCl)cc1. The Hall–Kier alpha value is -0.250. The molecule has 0 saturated carbocycles. The van der Waals surface area contributed by atoms with Crippen LogP contribution in [0.3, 0.4) is 0 Å². The van der Waals surface area contributed by atoms with Crippen LogP contribution in [0.25, 0.3) is 0 Å². The summed E-state index contributed by atoms with van der Waals surface area (Å²) in [4.78, 5) is 0. The zero-order valence-electron chi connectivity index (χ0n) is 7.85. The molecule has 0 aliphatic heterocycles. The first kappa shape index (κ1) is 12.8. The Morgan fingerprint density at radius 3 is 2.13 bits per heavy atom. The van der Waals surface area contributed by atoms with Crippen molar-refractivity contribution >= 4 is 31.6 Å². The van der Waals surface area contributed by atoms with Crippen molar-refractivity contribution < 1.29 is 17.2 Å². The molecule has 0 bridgehead atoms. The highest BCUT2D eigenvalue weighted by Crippen LogP contribution is 2.51. The minimum Gasteiger partial charge on any atom is -0.402 e. The van der Waals surface area contributed by atoms with Crippen molar-refractivity contribution in [2.45, 2.75) is 13.3 Å². The van der Waals surface area contributed by atoms with Gasteiger partial charge in [-0.25, -0.2) is 4.57 Å². The zero-order valence-corrected chi connectivity index (χ0v) is 10.3. The number of halogens is 2. The van der Waals surface area contributed by atoms with Crippen molar-refractivity contribution in [1.29, 1.82) is 0 Å². The summed E-state index contributed by atoms with van der Waals surface area (Å²) in [6, 6.07) is 6.89. The van der Waals surface area contributed by atoms with Crippen LogP contribution in [0, 0.1) is 0 Å². The summed E-state index contributed by atoms with van der Waals surface area (Å²) in [5.74, 6) is 0.303. The van der Waals surface area contributed by atoms with E-state index in [0.29, 0.717) is 5.75 Å². The van der Waals surface area contributed by atoms with Gasteiger partial charge in [0, 0.05) is 0 Å². The van der Waals surface area contributed by atoms with Crippen molar-refractivity contribution in [1.82, 2.24) is 0 Å². The second kappa shape index (κ2) is 5.73.